The second-order valence-corrected chi connectivity index (χ2v) is 6.16. The highest BCUT2D eigenvalue weighted by Gasteiger charge is 2.23. The first kappa shape index (κ1) is 11.8. The molecule has 1 fully saturated rings. The van der Waals surface area contributed by atoms with Gasteiger partial charge in [-0.25, -0.2) is 0 Å². The second kappa shape index (κ2) is 4.79. The molecule has 6 nitrogen and oxygen atoms in total. The van der Waals surface area contributed by atoms with Gasteiger partial charge in [0.15, 0.2) is 11.5 Å². The van der Waals surface area contributed by atoms with Gasteiger partial charge in [-0.15, -0.1) is 14.8 Å². The van der Waals surface area contributed by atoms with Crippen molar-refractivity contribution in [3.05, 3.63) is 12.1 Å². The van der Waals surface area contributed by atoms with E-state index >= 15 is 0 Å². The Labute approximate surface area is 113 Å². The van der Waals surface area contributed by atoms with Gasteiger partial charge in [0.2, 0.25) is 0 Å². The van der Waals surface area contributed by atoms with Crippen molar-refractivity contribution in [2.75, 3.05) is 18.0 Å². The molecule has 0 spiro atoms. The van der Waals surface area contributed by atoms with E-state index in [-0.39, 0.29) is 0 Å². The highest BCUT2D eigenvalue weighted by Crippen LogP contribution is 2.27. The van der Waals surface area contributed by atoms with Crippen molar-refractivity contribution in [3.63, 3.8) is 0 Å². The maximum Gasteiger partial charge on any atom is 0.200 e. The number of halogens is 1. The number of alkyl halides is 1. The number of hydrogen-bond acceptors (Lipinski definition) is 5. The zero-order valence-corrected chi connectivity index (χ0v) is 11.8. The molecular formula is C11H15BrN6. The summed E-state index contributed by atoms with van der Waals surface area (Å²) in [6.07, 6.45) is 2.39. The fraction of sp³-hybridized carbons (Fsp3) is 0.636. The van der Waals surface area contributed by atoms with Crippen LogP contribution in [0.5, 0.6) is 0 Å². The summed E-state index contributed by atoms with van der Waals surface area (Å²) in [5.74, 6) is 1.72. The molecule has 0 radical (unpaired) electrons. The van der Waals surface area contributed by atoms with Crippen molar-refractivity contribution in [1.82, 2.24) is 25.3 Å². The lowest BCUT2D eigenvalue weighted by atomic mass is 9.94. The Bertz CT molecular complexity index is 531. The molecule has 0 saturated carbocycles. The van der Waals surface area contributed by atoms with E-state index in [0.29, 0.717) is 10.5 Å². The largest absolute Gasteiger partial charge is 0.355 e. The van der Waals surface area contributed by atoms with Crippen molar-refractivity contribution in [1.29, 1.82) is 0 Å². The van der Waals surface area contributed by atoms with Crippen LogP contribution >= 0.6 is 15.9 Å². The van der Waals surface area contributed by atoms with Crippen LogP contribution in [0.2, 0.25) is 0 Å². The van der Waals surface area contributed by atoms with Gasteiger partial charge in [-0.1, -0.05) is 22.9 Å². The van der Waals surface area contributed by atoms with Crippen molar-refractivity contribution < 1.29 is 0 Å². The van der Waals surface area contributed by atoms with Crippen molar-refractivity contribution in [3.8, 4) is 0 Å². The van der Waals surface area contributed by atoms with Crippen molar-refractivity contribution >= 4 is 27.4 Å². The first-order valence-corrected chi connectivity index (χ1v) is 7.10. The zero-order chi connectivity index (χ0) is 12.5. The first-order valence-electron chi connectivity index (χ1n) is 6.18. The molecule has 1 aliphatic rings. The molecule has 2 aromatic heterocycles. The summed E-state index contributed by atoms with van der Waals surface area (Å²) < 4.78 is 1.48. The van der Waals surface area contributed by atoms with Gasteiger partial charge in [-0.2, -0.15) is 0 Å². The van der Waals surface area contributed by atoms with Gasteiger partial charge < -0.3 is 4.90 Å². The normalized spacial score (nSPS) is 19.3. The Morgan fingerprint density at radius 1 is 1.33 bits per heavy atom. The molecule has 1 saturated heterocycles. The highest BCUT2D eigenvalue weighted by atomic mass is 79.9. The van der Waals surface area contributed by atoms with Crippen LogP contribution in [-0.2, 0) is 0 Å². The third kappa shape index (κ3) is 2.19. The topological polar surface area (TPSA) is 59.2 Å². The monoisotopic (exact) mass is 310 g/mol. The Hall–Kier alpha value is -1.24. The number of tetrazole rings is 1. The third-order valence-corrected chi connectivity index (χ3v) is 4.32. The molecule has 2 aromatic rings. The molecule has 0 aliphatic carbocycles. The number of nitrogens with zero attached hydrogens (tertiary/aromatic N) is 6. The summed E-state index contributed by atoms with van der Waals surface area (Å²) in [4.78, 5) is 2.89. The first-order chi connectivity index (χ1) is 8.74. The number of aromatic nitrogens is 5. The molecule has 3 heterocycles. The maximum absolute atomic E-state index is 4.42. The summed E-state index contributed by atoms with van der Waals surface area (Å²) in [7, 11) is 0. The average molecular weight is 311 g/mol. The van der Waals surface area contributed by atoms with Crippen molar-refractivity contribution in [2.24, 2.45) is 5.92 Å². The smallest absolute Gasteiger partial charge is 0.200 e. The lowest BCUT2D eigenvalue weighted by Crippen LogP contribution is -2.36. The number of hydrogen-bond donors (Lipinski definition) is 0. The standard InChI is InChI=1S/C11H15BrN6/c1-8(12)9-4-6-17(7-5-9)11-3-2-10-13-15-16-18(10)14-11/h2-3,8-9H,4-7H2,1H3. The van der Waals surface area contributed by atoms with Crippen LogP contribution in [0.4, 0.5) is 5.82 Å². The van der Waals surface area contributed by atoms with E-state index in [2.05, 4.69) is 48.4 Å². The van der Waals surface area contributed by atoms with Gasteiger partial charge in [-0.3, -0.25) is 0 Å². The maximum atomic E-state index is 4.42. The predicted octanol–water partition coefficient (Wildman–Crippen LogP) is 1.52. The van der Waals surface area contributed by atoms with Crippen LogP contribution in [0.15, 0.2) is 12.1 Å². The molecule has 0 bridgehead atoms. The summed E-state index contributed by atoms with van der Waals surface area (Å²) in [6, 6.07) is 3.89. The second-order valence-electron chi connectivity index (χ2n) is 4.72. The highest BCUT2D eigenvalue weighted by molar-refractivity contribution is 9.09. The van der Waals surface area contributed by atoms with Gasteiger partial charge in [0.1, 0.15) is 0 Å². The van der Waals surface area contributed by atoms with E-state index in [9.17, 15) is 0 Å². The molecule has 0 amide bonds. The van der Waals surface area contributed by atoms with Crippen molar-refractivity contribution in [2.45, 2.75) is 24.6 Å². The molecule has 96 valence electrons. The number of anilines is 1. The fourth-order valence-corrected chi connectivity index (χ4v) is 2.93. The molecule has 0 aromatic carbocycles. The van der Waals surface area contributed by atoms with Gasteiger partial charge in [-0.05, 0) is 41.3 Å². The Kier molecular flexibility index (Phi) is 3.15. The fourth-order valence-electron chi connectivity index (χ4n) is 2.40. The van der Waals surface area contributed by atoms with Crippen LogP contribution < -0.4 is 4.90 Å². The summed E-state index contributed by atoms with van der Waals surface area (Å²) in [6.45, 7) is 4.31. The molecule has 18 heavy (non-hydrogen) atoms. The van der Waals surface area contributed by atoms with Crippen LogP contribution in [0.25, 0.3) is 5.65 Å². The summed E-state index contributed by atoms with van der Waals surface area (Å²) in [5, 5.41) is 15.7. The molecule has 1 aliphatic heterocycles. The lowest BCUT2D eigenvalue weighted by Gasteiger charge is -2.33. The van der Waals surface area contributed by atoms with E-state index in [1.165, 1.54) is 17.5 Å². The van der Waals surface area contributed by atoms with Gasteiger partial charge in [0, 0.05) is 17.9 Å². The van der Waals surface area contributed by atoms with Crippen LogP contribution in [0.3, 0.4) is 0 Å². The van der Waals surface area contributed by atoms with Crippen LogP contribution in [0.1, 0.15) is 19.8 Å². The Balaban J connectivity index is 1.75. The minimum atomic E-state index is 0.592. The van der Waals surface area contributed by atoms with E-state index in [1.54, 1.807) is 0 Å². The molecular weight excluding hydrogens is 296 g/mol. The van der Waals surface area contributed by atoms with E-state index in [1.807, 2.05) is 12.1 Å². The van der Waals surface area contributed by atoms with Crippen LogP contribution in [0, 0.1) is 5.92 Å². The molecule has 7 heteroatoms. The minimum absolute atomic E-state index is 0.592. The summed E-state index contributed by atoms with van der Waals surface area (Å²) in [5.41, 5.74) is 0.683. The molecule has 1 atom stereocenters. The zero-order valence-electron chi connectivity index (χ0n) is 10.2. The van der Waals surface area contributed by atoms with Gasteiger partial charge in [0.25, 0.3) is 0 Å². The minimum Gasteiger partial charge on any atom is -0.355 e. The van der Waals surface area contributed by atoms with Gasteiger partial charge in [0.05, 0.1) is 0 Å². The number of fused-ring (bicyclic) bond motifs is 1. The van der Waals surface area contributed by atoms with E-state index in [0.717, 1.165) is 24.8 Å². The van der Waals surface area contributed by atoms with Gasteiger partial charge >= 0.3 is 0 Å². The van der Waals surface area contributed by atoms with E-state index in [4.69, 9.17) is 0 Å². The van der Waals surface area contributed by atoms with E-state index < -0.39 is 0 Å². The number of piperidine rings is 1. The summed E-state index contributed by atoms with van der Waals surface area (Å²) >= 11 is 3.67. The quantitative estimate of drug-likeness (QED) is 0.787. The molecule has 3 rings (SSSR count). The van der Waals surface area contributed by atoms with Crippen LogP contribution in [-0.4, -0.2) is 43.2 Å². The predicted molar refractivity (Wildman–Crippen MR) is 71.9 cm³/mol. The average Bonchev–Trinajstić information content (AvgIpc) is 2.86. The Morgan fingerprint density at radius 2 is 2.11 bits per heavy atom. The SMILES string of the molecule is CC(Br)C1CCN(c2ccc3nnnn3n2)CC1. The third-order valence-electron chi connectivity index (χ3n) is 3.57. The molecule has 0 N–H and O–H groups in total. The molecule has 1 unspecified atom stereocenters. The Morgan fingerprint density at radius 3 is 2.83 bits per heavy atom. The lowest BCUT2D eigenvalue weighted by molar-refractivity contribution is 0.404. The number of rotatable bonds is 2.